The van der Waals surface area contributed by atoms with E-state index in [1.54, 1.807) is 20.8 Å². The van der Waals surface area contributed by atoms with Gasteiger partial charge in [0.05, 0.1) is 6.04 Å². The van der Waals surface area contributed by atoms with Gasteiger partial charge in [-0.1, -0.05) is 13.8 Å². The van der Waals surface area contributed by atoms with Crippen LogP contribution in [0.4, 0.5) is 26.7 Å². The molecule has 0 unspecified atom stereocenters. The molecule has 31 heavy (non-hydrogen) atoms. The highest BCUT2D eigenvalue weighted by molar-refractivity contribution is 7.99. The lowest BCUT2D eigenvalue weighted by atomic mass is 10.2. The van der Waals surface area contributed by atoms with Crippen LogP contribution < -0.4 is 10.1 Å². The second-order valence-corrected chi connectivity index (χ2v) is 9.02. The maximum atomic E-state index is 13.7. The van der Waals surface area contributed by atoms with Crippen molar-refractivity contribution in [2.24, 2.45) is 5.92 Å². The van der Waals surface area contributed by atoms with Crippen LogP contribution >= 0.6 is 11.8 Å². The van der Waals surface area contributed by atoms with Crippen LogP contribution in [0.2, 0.25) is 0 Å². The van der Waals surface area contributed by atoms with Crippen LogP contribution in [-0.2, 0) is 9.53 Å². The summed E-state index contributed by atoms with van der Waals surface area (Å²) in [6, 6.07) is -1.34. The van der Waals surface area contributed by atoms with Crippen LogP contribution in [0.5, 0.6) is 5.75 Å². The molecule has 2 atom stereocenters. The predicted molar refractivity (Wildman–Crippen MR) is 103 cm³/mol. The van der Waals surface area contributed by atoms with E-state index in [0.717, 1.165) is 0 Å². The van der Waals surface area contributed by atoms with Crippen LogP contribution in [0, 0.1) is 35.0 Å². The lowest BCUT2D eigenvalue weighted by molar-refractivity contribution is -0.145. The molecule has 0 fully saturated rings. The van der Waals surface area contributed by atoms with Crippen molar-refractivity contribution >= 4 is 23.8 Å². The van der Waals surface area contributed by atoms with Gasteiger partial charge in [-0.25, -0.2) is 22.8 Å². The summed E-state index contributed by atoms with van der Waals surface area (Å²) in [4.78, 5) is 24.2. The van der Waals surface area contributed by atoms with Gasteiger partial charge in [-0.05, 0) is 32.4 Å². The lowest BCUT2D eigenvalue weighted by Crippen LogP contribution is -2.51. The highest BCUT2D eigenvalue weighted by Crippen LogP contribution is 2.29. The van der Waals surface area contributed by atoms with Gasteiger partial charge in [0.1, 0.15) is 5.60 Å². The Kier molecular flexibility index (Phi) is 9.55. The predicted octanol–water partition coefficient (Wildman–Crippen LogP) is 3.93. The number of hydrogen-bond donors (Lipinski definition) is 2. The van der Waals surface area contributed by atoms with Crippen LogP contribution in [-0.4, -0.2) is 46.4 Å². The van der Waals surface area contributed by atoms with Crippen molar-refractivity contribution in [3.63, 3.8) is 0 Å². The summed E-state index contributed by atoms with van der Waals surface area (Å²) >= 11 is 1.24. The molecular formula is C19H24F5NO5S. The van der Waals surface area contributed by atoms with Gasteiger partial charge < -0.3 is 19.9 Å². The second kappa shape index (κ2) is 11.0. The Balaban J connectivity index is 3.06. The third kappa shape index (κ3) is 7.84. The van der Waals surface area contributed by atoms with Gasteiger partial charge in [-0.3, -0.25) is 0 Å². The van der Waals surface area contributed by atoms with Gasteiger partial charge >= 0.3 is 12.1 Å². The SMILES string of the molecule is CC(C)CSC[C@@H](NC(=O)OC(C)(C)C)[C@H](O)C(=O)Oc1c(F)c(F)c(F)c(F)c1F. The van der Waals surface area contributed by atoms with Crippen LogP contribution in [0.15, 0.2) is 0 Å². The summed E-state index contributed by atoms with van der Waals surface area (Å²) in [6.45, 7) is 8.52. The Morgan fingerprint density at radius 1 is 0.968 bits per heavy atom. The molecule has 1 amide bonds. The fourth-order valence-corrected chi connectivity index (χ4v) is 3.23. The van der Waals surface area contributed by atoms with Gasteiger partial charge in [0.2, 0.25) is 34.8 Å². The zero-order valence-electron chi connectivity index (χ0n) is 17.5. The van der Waals surface area contributed by atoms with Crippen molar-refractivity contribution < 1.29 is 46.1 Å². The molecule has 1 aromatic carbocycles. The average Bonchev–Trinajstić information content (AvgIpc) is 2.64. The third-order valence-electron chi connectivity index (χ3n) is 3.45. The van der Waals surface area contributed by atoms with Gasteiger partial charge in [0.25, 0.3) is 0 Å². The number of esters is 1. The number of carbonyl (C=O) groups excluding carboxylic acids is 2. The minimum absolute atomic E-state index is 0.0369. The Morgan fingerprint density at radius 2 is 1.45 bits per heavy atom. The highest BCUT2D eigenvalue weighted by atomic mass is 32.2. The molecule has 6 nitrogen and oxygen atoms in total. The number of aliphatic hydroxyl groups is 1. The first-order valence-corrected chi connectivity index (χ1v) is 10.3. The van der Waals surface area contributed by atoms with E-state index in [2.05, 4.69) is 10.1 Å². The first-order chi connectivity index (χ1) is 14.2. The number of aliphatic hydroxyl groups excluding tert-OH is 1. The Bertz CT molecular complexity index is 787. The van der Waals surface area contributed by atoms with Gasteiger partial charge in [-0.2, -0.15) is 20.5 Å². The number of halogens is 5. The summed E-state index contributed by atoms with van der Waals surface area (Å²) < 4.78 is 76.5. The molecule has 12 heteroatoms. The van der Waals surface area contributed by atoms with Crippen LogP contribution in [0.25, 0.3) is 0 Å². The Hall–Kier alpha value is -2.08. The molecule has 176 valence electrons. The molecule has 0 aliphatic heterocycles. The largest absolute Gasteiger partial charge is 0.444 e. The topological polar surface area (TPSA) is 84.9 Å². The normalized spacial score (nSPS) is 13.7. The molecule has 0 radical (unpaired) electrons. The molecule has 1 aromatic rings. The number of rotatable bonds is 8. The molecule has 0 bridgehead atoms. The van der Waals surface area contributed by atoms with E-state index in [9.17, 15) is 36.6 Å². The van der Waals surface area contributed by atoms with Crippen molar-refractivity contribution in [1.82, 2.24) is 5.32 Å². The fraction of sp³-hybridized carbons (Fsp3) is 0.579. The van der Waals surface area contributed by atoms with Crippen LogP contribution in [0.3, 0.4) is 0 Å². The van der Waals surface area contributed by atoms with Gasteiger partial charge in [0, 0.05) is 5.75 Å². The molecule has 0 saturated carbocycles. The number of thioether (sulfide) groups is 1. The van der Waals surface area contributed by atoms with Crippen molar-refractivity contribution in [3.05, 3.63) is 29.1 Å². The summed E-state index contributed by atoms with van der Waals surface area (Å²) in [5.74, 6) is -14.6. The first kappa shape index (κ1) is 27.0. The average molecular weight is 473 g/mol. The van der Waals surface area contributed by atoms with Gasteiger partial charge in [-0.15, -0.1) is 0 Å². The van der Waals surface area contributed by atoms with E-state index >= 15 is 0 Å². The Labute approximate surface area is 180 Å². The van der Waals surface area contributed by atoms with Crippen molar-refractivity contribution in [3.8, 4) is 5.75 Å². The first-order valence-electron chi connectivity index (χ1n) is 9.14. The molecule has 0 aliphatic rings. The summed E-state index contributed by atoms with van der Waals surface area (Å²) in [5, 5.41) is 12.5. The van der Waals surface area contributed by atoms with Gasteiger partial charge in [0.15, 0.2) is 6.10 Å². The third-order valence-corrected chi connectivity index (χ3v) is 4.94. The number of hydrogen-bond acceptors (Lipinski definition) is 6. The minimum atomic E-state index is -2.43. The van der Waals surface area contributed by atoms with E-state index < -0.39 is 64.6 Å². The highest BCUT2D eigenvalue weighted by Gasteiger charge is 2.34. The summed E-state index contributed by atoms with van der Waals surface area (Å²) in [5.41, 5.74) is -0.902. The molecule has 0 heterocycles. The molecule has 0 aromatic heterocycles. The number of amides is 1. The molecule has 0 saturated heterocycles. The molecule has 1 rings (SSSR count). The molecule has 0 spiro atoms. The smallest absolute Gasteiger partial charge is 0.408 e. The fourth-order valence-electron chi connectivity index (χ4n) is 2.10. The van der Waals surface area contributed by atoms with Crippen molar-refractivity contribution in [1.29, 1.82) is 0 Å². The maximum absolute atomic E-state index is 13.7. The quantitative estimate of drug-likeness (QED) is 0.196. The number of carbonyl (C=O) groups is 2. The molecular weight excluding hydrogens is 449 g/mol. The van der Waals surface area contributed by atoms with E-state index in [-0.39, 0.29) is 11.7 Å². The lowest BCUT2D eigenvalue weighted by Gasteiger charge is -2.26. The second-order valence-electron chi connectivity index (χ2n) is 7.95. The minimum Gasteiger partial charge on any atom is -0.444 e. The molecule has 0 aliphatic carbocycles. The van der Waals surface area contributed by atoms with Crippen molar-refractivity contribution in [2.75, 3.05) is 11.5 Å². The molecule has 2 N–H and O–H groups in total. The Morgan fingerprint density at radius 3 is 1.90 bits per heavy atom. The monoisotopic (exact) mass is 473 g/mol. The maximum Gasteiger partial charge on any atom is 0.408 e. The zero-order valence-corrected chi connectivity index (χ0v) is 18.3. The van der Waals surface area contributed by atoms with Crippen molar-refractivity contribution in [2.45, 2.75) is 52.4 Å². The number of alkyl carbamates (subject to hydrolysis) is 1. The van der Waals surface area contributed by atoms with Crippen LogP contribution in [0.1, 0.15) is 34.6 Å². The number of nitrogens with one attached hydrogen (secondary N) is 1. The van der Waals surface area contributed by atoms with E-state index in [0.29, 0.717) is 5.75 Å². The number of benzene rings is 1. The van der Waals surface area contributed by atoms with E-state index in [4.69, 9.17) is 4.74 Å². The zero-order chi connectivity index (χ0) is 24.1. The van der Waals surface area contributed by atoms with E-state index in [1.807, 2.05) is 13.8 Å². The summed E-state index contributed by atoms with van der Waals surface area (Å²) in [7, 11) is 0. The standard InChI is InChI=1S/C19H24F5NO5S/c1-8(2)6-31-7-9(25-18(28)30-19(3,4)5)15(26)17(27)29-16-13(23)11(21)10(20)12(22)14(16)24/h8-9,15,26H,6-7H2,1-5H3,(H,25,28)/t9-,15+/m1/s1. The number of ether oxygens (including phenoxy) is 2. The van der Waals surface area contributed by atoms with E-state index in [1.165, 1.54) is 11.8 Å². The summed E-state index contributed by atoms with van der Waals surface area (Å²) in [6.07, 6.45) is -3.19.